The lowest BCUT2D eigenvalue weighted by Crippen LogP contribution is -2.44. The number of nitrogens with zero attached hydrogens (tertiary/aromatic N) is 3. The highest BCUT2D eigenvalue weighted by molar-refractivity contribution is 5.94. The zero-order chi connectivity index (χ0) is 19.0. The number of hydrogen-bond donors (Lipinski definition) is 3. The molecule has 2 aromatic rings. The number of benzene rings is 1. The van der Waals surface area contributed by atoms with Crippen molar-refractivity contribution in [3.8, 4) is 0 Å². The van der Waals surface area contributed by atoms with Crippen molar-refractivity contribution in [2.45, 2.75) is 25.4 Å². The molecule has 1 aromatic carbocycles. The van der Waals surface area contributed by atoms with E-state index in [0.29, 0.717) is 44.7 Å². The second-order valence-corrected chi connectivity index (χ2v) is 7.11. The number of aromatic amines is 1. The lowest BCUT2D eigenvalue weighted by Gasteiger charge is -2.29. The molecule has 0 aliphatic carbocycles. The highest BCUT2D eigenvalue weighted by Crippen LogP contribution is 2.28. The fourth-order valence-electron chi connectivity index (χ4n) is 3.80. The minimum atomic E-state index is -0.255. The highest BCUT2D eigenvalue weighted by Gasteiger charge is 2.34. The number of nitrogens with two attached hydrogens (primary N) is 1. The summed E-state index contributed by atoms with van der Waals surface area (Å²) in [5.41, 5.74) is 9.88. The van der Waals surface area contributed by atoms with Crippen LogP contribution >= 0.6 is 0 Å². The van der Waals surface area contributed by atoms with Crippen LogP contribution in [0.5, 0.6) is 0 Å². The predicted molar refractivity (Wildman–Crippen MR) is 101 cm³/mol. The lowest BCUT2D eigenvalue weighted by molar-refractivity contribution is -0.132. The maximum Gasteiger partial charge on any atom is 0.274 e. The molecule has 4 N–H and O–H groups in total. The molecule has 0 bridgehead atoms. The van der Waals surface area contributed by atoms with Crippen molar-refractivity contribution in [3.63, 3.8) is 0 Å². The summed E-state index contributed by atoms with van der Waals surface area (Å²) >= 11 is 0. The molecule has 1 unspecified atom stereocenters. The first-order valence-electron chi connectivity index (χ1n) is 9.23. The van der Waals surface area contributed by atoms with Crippen LogP contribution in [-0.4, -0.2) is 64.5 Å². The molecule has 0 saturated heterocycles. The Kier molecular flexibility index (Phi) is 4.57. The summed E-state index contributed by atoms with van der Waals surface area (Å²) in [4.78, 5) is 29.0. The predicted octanol–water partition coefficient (Wildman–Crippen LogP) is 0.362. The monoisotopic (exact) mass is 368 g/mol. The fourth-order valence-corrected chi connectivity index (χ4v) is 3.80. The van der Waals surface area contributed by atoms with E-state index in [4.69, 9.17) is 5.73 Å². The number of anilines is 1. The summed E-state index contributed by atoms with van der Waals surface area (Å²) in [5, 5.41) is 10.5. The van der Waals surface area contributed by atoms with Crippen molar-refractivity contribution in [2.24, 2.45) is 5.73 Å². The van der Waals surface area contributed by atoms with Crippen LogP contribution in [0.1, 0.15) is 27.3 Å². The third-order valence-electron chi connectivity index (χ3n) is 5.33. The largest absolute Gasteiger partial charge is 0.373 e. The van der Waals surface area contributed by atoms with Gasteiger partial charge in [0.05, 0.1) is 0 Å². The second kappa shape index (κ2) is 7.03. The fraction of sp³-hybridized carbons (Fsp3) is 0.421. The Morgan fingerprint density at radius 2 is 2.19 bits per heavy atom. The molecule has 1 aromatic heterocycles. The average molecular weight is 368 g/mol. The van der Waals surface area contributed by atoms with Gasteiger partial charge in [0.1, 0.15) is 6.04 Å². The highest BCUT2D eigenvalue weighted by atomic mass is 16.2. The molecule has 0 radical (unpaired) electrons. The Hall–Kier alpha value is -2.87. The van der Waals surface area contributed by atoms with Gasteiger partial charge in [0.15, 0.2) is 5.69 Å². The molecule has 2 amide bonds. The van der Waals surface area contributed by atoms with E-state index >= 15 is 0 Å². The Labute approximate surface area is 157 Å². The van der Waals surface area contributed by atoms with Gasteiger partial charge in [-0.2, -0.15) is 5.10 Å². The average Bonchev–Trinajstić information content (AvgIpc) is 3.30. The number of hydrogen-bond acceptors (Lipinski definition) is 5. The van der Waals surface area contributed by atoms with Gasteiger partial charge in [-0.25, -0.2) is 0 Å². The first kappa shape index (κ1) is 17.5. The molecular weight excluding hydrogens is 344 g/mol. The van der Waals surface area contributed by atoms with Gasteiger partial charge in [-0.1, -0.05) is 18.2 Å². The summed E-state index contributed by atoms with van der Waals surface area (Å²) in [7, 11) is 1.71. The van der Waals surface area contributed by atoms with Crippen LogP contribution in [-0.2, 0) is 24.2 Å². The van der Waals surface area contributed by atoms with Crippen LogP contribution in [0.3, 0.4) is 0 Å². The summed E-state index contributed by atoms with van der Waals surface area (Å²) in [6, 6.07) is 7.74. The number of amides is 2. The number of rotatable bonds is 4. The van der Waals surface area contributed by atoms with Crippen molar-refractivity contribution >= 4 is 17.5 Å². The summed E-state index contributed by atoms with van der Waals surface area (Å²) < 4.78 is 0. The standard InChI is InChI=1S/C19H24N6O2/c1-24(9-7-20)19(27)17-13-11-25(8-6-15(13)22-23-17)18(26)16-10-12-4-2-3-5-14(12)21-16/h2-5,16,21H,6-11,20H2,1H3,(H,22,23). The van der Waals surface area contributed by atoms with Crippen molar-refractivity contribution in [2.75, 3.05) is 32.0 Å². The van der Waals surface area contributed by atoms with Crippen molar-refractivity contribution in [1.29, 1.82) is 0 Å². The Bertz CT molecular complexity index is 852. The zero-order valence-electron chi connectivity index (χ0n) is 15.4. The number of carbonyl (C=O) groups excluding carboxylic acids is 2. The smallest absolute Gasteiger partial charge is 0.274 e. The quantitative estimate of drug-likeness (QED) is 0.722. The van der Waals surface area contributed by atoms with E-state index in [1.165, 1.54) is 0 Å². The molecule has 2 aliphatic rings. The third kappa shape index (κ3) is 3.16. The molecule has 0 fully saturated rings. The molecular formula is C19H24N6O2. The maximum absolute atomic E-state index is 13.0. The van der Waals surface area contributed by atoms with Gasteiger partial charge in [0.25, 0.3) is 5.91 Å². The first-order valence-corrected chi connectivity index (χ1v) is 9.23. The molecule has 4 rings (SSSR count). The van der Waals surface area contributed by atoms with E-state index in [0.717, 1.165) is 22.5 Å². The van der Waals surface area contributed by atoms with E-state index < -0.39 is 0 Å². The zero-order valence-corrected chi connectivity index (χ0v) is 15.4. The molecule has 0 saturated carbocycles. The minimum Gasteiger partial charge on any atom is -0.373 e. The minimum absolute atomic E-state index is 0.0618. The van der Waals surface area contributed by atoms with E-state index in [-0.39, 0.29) is 17.9 Å². The van der Waals surface area contributed by atoms with E-state index in [1.54, 1.807) is 11.9 Å². The molecule has 8 heteroatoms. The van der Waals surface area contributed by atoms with E-state index in [2.05, 4.69) is 15.5 Å². The SMILES string of the molecule is CN(CCN)C(=O)c1n[nH]c2c1CN(C(=O)C1Cc3ccccc3N1)CC2. The number of carbonyl (C=O) groups is 2. The van der Waals surface area contributed by atoms with Gasteiger partial charge in [0.2, 0.25) is 5.91 Å². The van der Waals surface area contributed by atoms with Gasteiger partial charge < -0.3 is 20.9 Å². The number of H-pyrrole nitrogens is 1. The number of para-hydroxylation sites is 1. The Balaban J connectivity index is 1.49. The molecule has 0 spiro atoms. The van der Waals surface area contributed by atoms with Crippen LogP contribution < -0.4 is 11.1 Å². The Morgan fingerprint density at radius 1 is 1.37 bits per heavy atom. The van der Waals surface area contributed by atoms with Gasteiger partial charge >= 0.3 is 0 Å². The van der Waals surface area contributed by atoms with Crippen LogP contribution in [0, 0.1) is 0 Å². The lowest BCUT2D eigenvalue weighted by atomic mass is 10.0. The molecule has 1 atom stereocenters. The Morgan fingerprint density at radius 3 is 2.96 bits per heavy atom. The van der Waals surface area contributed by atoms with E-state index in [9.17, 15) is 9.59 Å². The molecule has 2 aliphatic heterocycles. The first-order chi connectivity index (χ1) is 13.1. The molecule has 27 heavy (non-hydrogen) atoms. The summed E-state index contributed by atoms with van der Waals surface area (Å²) in [6.45, 7) is 1.88. The van der Waals surface area contributed by atoms with Crippen molar-refractivity contribution < 1.29 is 9.59 Å². The number of fused-ring (bicyclic) bond motifs is 2. The summed E-state index contributed by atoms with van der Waals surface area (Å²) in [5.74, 6) is -0.106. The number of aromatic nitrogens is 2. The van der Waals surface area contributed by atoms with Gasteiger partial charge in [0, 0.05) is 63.0 Å². The van der Waals surface area contributed by atoms with Crippen molar-refractivity contribution in [1.82, 2.24) is 20.0 Å². The van der Waals surface area contributed by atoms with E-state index in [1.807, 2.05) is 29.2 Å². The summed E-state index contributed by atoms with van der Waals surface area (Å²) in [6.07, 6.45) is 1.36. The number of likely N-dealkylation sites (N-methyl/N-ethyl adjacent to an activating group) is 1. The molecule has 3 heterocycles. The van der Waals surface area contributed by atoms with Gasteiger partial charge in [-0.15, -0.1) is 0 Å². The van der Waals surface area contributed by atoms with Crippen molar-refractivity contribution in [3.05, 3.63) is 46.8 Å². The number of nitrogens with one attached hydrogen (secondary N) is 2. The topological polar surface area (TPSA) is 107 Å². The third-order valence-corrected chi connectivity index (χ3v) is 5.33. The van der Waals surface area contributed by atoms with Gasteiger partial charge in [-0.05, 0) is 11.6 Å². The normalized spacial score (nSPS) is 17.9. The van der Waals surface area contributed by atoms with Gasteiger partial charge in [-0.3, -0.25) is 14.7 Å². The molecule has 8 nitrogen and oxygen atoms in total. The second-order valence-electron chi connectivity index (χ2n) is 7.11. The van der Waals surface area contributed by atoms with Crippen LogP contribution in [0.15, 0.2) is 24.3 Å². The van der Waals surface area contributed by atoms with Crippen LogP contribution in [0.25, 0.3) is 0 Å². The molecule has 142 valence electrons. The maximum atomic E-state index is 13.0. The van der Waals surface area contributed by atoms with Crippen LogP contribution in [0.2, 0.25) is 0 Å². The van der Waals surface area contributed by atoms with Crippen LogP contribution in [0.4, 0.5) is 5.69 Å².